The Morgan fingerprint density at radius 3 is 2.65 bits per heavy atom. The van der Waals surface area contributed by atoms with Crippen molar-refractivity contribution in [2.75, 3.05) is 29.2 Å². The van der Waals surface area contributed by atoms with Crippen LogP contribution >= 0.6 is 0 Å². The Kier molecular flexibility index (Phi) is 4.67. The highest BCUT2D eigenvalue weighted by Crippen LogP contribution is 2.36. The molecule has 1 amide bonds. The predicted octanol–water partition coefficient (Wildman–Crippen LogP) is 1.84. The van der Waals surface area contributed by atoms with E-state index in [1.54, 1.807) is 24.4 Å². The Morgan fingerprint density at radius 2 is 2.00 bits per heavy atom. The average Bonchev–Trinajstić information content (AvgIpc) is 2.62. The van der Waals surface area contributed by atoms with Gasteiger partial charge >= 0.3 is 0 Å². The summed E-state index contributed by atoms with van der Waals surface area (Å²) in [7, 11) is 1.65. The van der Waals surface area contributed by atoms with Crippen molar-refractivity contribution in [3.05, 3.63) is 29.2 Å². The first-order chi connectivity index (χ1) is 12.4. The van der Waals surface area contributed by atoms with Crippen molar-refractivity contribution >= 4 is 23.4 Å². The minimum atomic E-state index is -0.384. The van der Waals surface area contributed by atoms with E-state index in [0.29, 0.717) is 24.6 Å². The van der Waals surface area contributed by atoms with Gasteiger partial charge in [0.2, 0.25) is 11.9 Å². The minimum absolute atomic E-state index is 0.00472. The number of anilines is 3. The van der Waals surface area contributed by atoms with Gasteiger partial charge in [-0.1, -0.05) is 0 Å². The molecule has 1 aliphatic rings. The van der Waals surface area contributed by atoms with Crippen molar-refractivity contribution in [2.24, 2.45) is 0 Å². The van der Waals surface area contributed by atoms with E-state index >= 15 is 0 Å². The zero-order chi connectivity index (χ0) is 19.0. The van der Waals surface area contributed by atoms with Gasteiger partial charge in [0.05, 0.1) is 25.5 Å². The number of likely N-dealkylation sites (N-methyl/N-ethyl adjacent to an activating group) is 1. The Morgan fingerprint density at radius 1 is 1.27 bits per heavy atom. The lowest BCUT2D eigenvalue weighted by Crippen LogP contribution is -2.52. The highest BCUT2D eigenvalue weighted by Gasteiger charge is 2.36. The van der Waals surface area contributed by atoms with Gasteiger partial charge in [-0.25, -0.2) is 4.98 Å². The number of aryl methyl sites for hydroxylation is 1. The number of methoxy groups -OCH3 is 1. The molecule has 0 radical (unpaired) electrons. The molecule has 0 saturated carbocycles. The summed E-state index contributed by atoms with van der Waals surface area (Å²) in [6, 6.07) is -0.384. The number of nitrogens with zero attached hydrogens (tertiary/aromatic N) is 5. The van der Waals surface area contributed by atoms with Gasteiger partial charge in [-0.2, -0.15) is 4.98 Å². The molecule has 2 aromatic heterocycles. The second-order valence-corrected chi connectivity index (χ2v) is 6.37. The van der Waals surface area contributed by atoms with E-state index < -0.39 is 0 Å². The summed E-state index contributed by atoms with van der Waals surface area (Å²) >= 11 is 0. The van der Waals surface area contributed by atoms with Crippen molar-refractivity contribution in [1.29, 1.82) is 0 Å². The molecule has 0 bridgehead atoms. The number of hydrogen-bond acceptors (Lipinski definition) is 7. The van der Waals surface area contributed by atoms with Crippen LogP contribution in [0, 0.1) is 13.8 Å². The molecule has 8 heteroatoms. The maximum Gasteiger partial charge on any atom is 0.249 e. The average molecular weight is 356 g/mol. The number of rotatable bonds is 4. The van der Waals surface area contributed by atoms with Crippen LogP contribution in [0.25, 0.3) is 0 Å². The summed E-state index contributed by atoms with van der Waals surface area (Å²) in [6.07, 6.45) is 3.39. The number of fused-ring (bicyclic) bond motifs is 1. The lowest BCUT2D eigenvalue weighted by molar-refractivity contribution is -0.119. The Hall–Kier alpha value is -2.90. The zero-order valence-electron chi connectivity index (χ0n) is 15.8. The fourth-order valence-corrected chi connectivity index (χ4v) is 3.37. The molecule has 1 atom stereocenters. The van der Waals surface area contributed by atoms with Gasteiger partial charge in [-0.05, 0) is 27.7 Å². The third-order valence-corrected chi connectivity index (χ3v) is 4.81. The summed E-state index contributed by atoms with van der Waals surface area (Å²) in [5.41, 5.74) is 9.24. The molecule has 0 aliphatic carbocycles. The molecule has 3 rings (SSSR count). The molecule has 0 aromatic carbocycles. The number of pyridine rings is 1. The predicted molar refractivity (Wildman–Crippen MR) is 100 cm³/mol. The topological polar surface area (TPSA) is 97.5 Å². The summed E-state index contributed by atoms with van der Waals surface area (Å²) in [4.78, 5) is 29.4. The maximum atomic E-state index is 12.8. The molecule has 2 N–H and O–H groups in total. The zero-order valence-corrected chi connectivity index (χ0v) is 15.8. The van der Waals surface area contributed by atoms with Crippen molar-refractivity contribution in [3.8, 4) is 5.75 Å². The Balaban J connectivity index is 2.08. The second kappa shape index (κ2) is 6.78. The van der Waals surface area contributed by atoms with Crippen molar-refractivity contribution < 1.29 is 9.53 Å². The van der Waals surface area contributed by atoms with Gasteiger partial charge in [0.1, 0.15) is 17.5 Å². The summed E-state index contributed by atoms with van der Waals surface area (Å²) in [5.74, 6) is 1.64. The monoisotopic (exact) mass is 356 g/mol. The number of nitrogens with two attached hydrogens (primary N) is 1. The summed E-state index contributed by atoms with van der Waals surface area (Å²) in [5, 5.41) is 0. The van der Waals surface area contributed by atoms with E-state index in [0.717, 1.165) is 22.6 Å². The highest BCUT2D eigenvalue weighted by atomic mass is 16.5. The van der Waals surface area contributed by atoms with Gasteiger partial charge in [0.25, 0.3) is 0 Å². The maximum absolute atomic E-state index is 12.8. The molecule has 1 aliphatic heterocycles. The van der Waals surface area contributed by atoms with Crippen LogP contribution in [-0.2, 0) is 11.3 Å². The standard InChI is InChI=1S/C18H24N6O2/c1-6-23-14-8-21-18(19)22-16(14)24(12(4)17(23)25)9-13-11(3)15(26-5)10(2)7-20-13/h7-8,12H,6,9H2,1-5H3,(H2,19,21,22)/t12-/m0/s1. The van der Waals surface area contributed by atoms with Gasteiger partial charge in [0, 0.05) is 23.9 Å². The second-order valence-electron chi connectivity index (χ2n) is 6.37. The molecule has 2 aromatic rings. The van der Waals surface area contributed by atoms with Gasteiger partial charge in [-0.15, -0.1) is 0 Å². The minimum Gasteiger partial charge on any atom is -0.496 e. The van der Waals surface area contributed by atoms with Crippen molar-refractivity contribution in [2.45, 2.75) is 40.3 Å². The number of ether oxygens (including phenoxy) is 1. The Bertz CT molecular complexity index is 854. The quantitative estimate of drug-likeness (QED) is 0.892. The SMILES string of the molecule is CCN1C(=O)[C@H](C)N(Cc2ncc(C)c(OC)c2C)c2nc(N)ncc21. The van der Waals surface area contributed by atoms with Crippen molar-refractivity contribution in [1.82, 2.24) is 15.0 Å². The number of carbonyl (C=O) groups is 1. The van der Waals surface area contributed by atoms with E-state index in [9.17, 15) is 4.79 Å². The third kappa shape index (κ3) is 2.81. The summed E-state index contributed by atoms with van der Waals surface area (Å²) < 4.78 is 5.50. The fourth-order valence-electron chi connectivity index (χ4n) is 3.37. The number of hydrogen-bond donors (Lipinski definition) is 1. The number of amides is 1. The van der Waals surface area contributed by atoms with E-state index in [1.165, 1.54) is 0 Å². The molecule has 8 nitrogen and oxygen atoms in total. The van der Waals surface area contributed by atoms with Crippen LogP contribution < -0.4 is 20.3 Å². The molecule has 26 heavy (non-hydrogen) atoms. The molecular formula is C18H24N6O2. The van der Waals surface area contributed by atoms with Crippen LogP contribution in [0.4, 0.5) is 17.5 Å². The van der Waals surface area contributed by atoms with Gasteiger partial charge in [-0.3, -0.25) is 9.78 Å². The molecular weight excluding hydrogens is 332 g/mol. The third-order valence-electron chi connectivity index (χ3n) is 4.81. The fraction of sp³-hybridized carbons (Fsp3) is 0.444. The lowest BCUT2D eigenvalue weighted by atomic mass is 10.1. The van der Waals surface area contributed by atoms with Crippen molar-refractivity contribution in [3.63, 3.8) is 0 Å². The molecule has 0 saturated heterocycles. The van der Waals surface area contributed by atoms with Gasteiger partial charge in [0.15, 0.2) is 5.82 Å². The molecule has 3 heterocycles. The first-order valence-corrected chi connectivity index (χ1v) is 8.58. The van der Waals surface area contributed by atoms with E-state index in [4.69, 9.17) is 10.5 Å². The van der Waals surface area contributed by atoms with E-state index in [-0.39, 0.29) is 17.9 Å². The summed E-state index contributed by atoms with van der Waals surface area (Å²) in [6.45, 7) is 8.70. The van der Waals surface area contributed by atoms with Crippen LogP contribution in [0.15, 0.2) is 12.4 Å². The Labute approximate surface area is 153 Å². The van der Waals surface area contributed by atoms with Crippen LogP contribution in [0.2, 0.25) is 0 Å². The number of carbonyl (C=O) groups excluding carboxylic acids is 1. The highest BCUT2D eigenvalue weighted by molar-refractivity contribution is 6.04. The smallest absolute Gasteiger partial charge is 0.249 e. The lowest BCUT2D eigenvalue weighted by Gasteiger charge is -2.40. The van der Waals surface area contributed by atoms with E-state index in [2.05, 4.69) is 15.0 Å². The first-order valence-electron chi connectivity index (χ1n) is 8.58. The van der Waals surface area contributed by atoms with Crippen LogP contribution in [0.3, 0.4) is 0 Å². The molecule has 0 fully saturated rings. The largest absolute Gasteiger partial charge is 0.496 e. The van der Waals surface area contributed by atoms with E-state index in [1.807, 2.05) is 32.6 Å². The molecule has 0 spiro atoms. The van der Waals surface area contributed by atoms with Crippen LogP contribution in [0.1, 0.15) is 30.7 Å². The molecule has 0 unspecified atom stereocenters. The van der Waals surface area contributed by atoms with Crippen LogP contribution in [-0.4, -0.2) is 40.6 Å². The first kappa shape index (κ1) is 17.9. The number of aromatic nitrogens is 3. The van der Waals surface area contributed by atoms with Gasteiger partial charge < -0.3 is 20.3 Å². The normalized spacial score (nSPS) is 16.7. The molecule has 138 valence electrons. The van der Waals surface area contributed by atoms with Crippen LogP contribution in [0.5, 0.6) is 5.75 Å². The number of nitrogen functional groups attached to an aromatic ring is 1.